The lowest BCUT2D eigenvalue weighted by Crippen LogP contribution is -2.17. The Balaban J connectivity index is 1.54. The molecule has 1 aromatic carbocycles. The van der Waals surface area contributed by atoms with Crippen LogP contribution in [0.1, 0.15) is 30.4 Å². The van der Waals surface area contributed by atoms with Gasteiger partial charge in [-0.2, -0.15) is 5.10 Å². The fraction of sp³-hybridized carbons (Fsp3) is 0.250. The molecule has 1 aliphatic rings. The highest BCUT2D eigenvalue weighted by Crippen LogP contribution is 2.42. The van der Waals surface area contributed by atoms with Gasteiger partial charge < -0.3 is 5.32 Å². The largest absolute Gasteiger partial charge is 0.359 e. The Labute approximate surface area is 156 Å². The van der Waals surface area contributed by atoms with Crippen LogP contribution in [0.5, 0.6) is 0 Å². The molecule has 5 rings (SSSR count). The predicted molar refractivity (Wildman–Crippen MR) is 103 cm³/mol. The van der Waals surface area contributed by atoms with Crippen molar-refractivity contribution in [3.05, 3.63) is 66.6 Å². The number of aryl methyl sites for hydroxylation is 1. The Morgan fingerprint density at radius 3 is 2.70 bits per heavy atom. The number of hydrogen-bond acceptors (Lipinski definition) is 6. The van der Waals surface area contributed by atoms with E-state index >= 15 is 0 Å². The third kappa shape index (κ3) is 3.01. The Bertz CT molecular complexity index is 1090. The van der Waals surface area contributed by atoms with E-state index in [0.29, 0.717) is 5.92 Å². The molecule has 134 valence electrons. The summed E-state index contributed by atoms with van der Waals surface area (Å²) in [6.45, 7) is 1.99. The molecule has 3 heterocycles. The quantitative estimate of drug-likeness (QED) is 0.589. The van der Waals surface area contributed by atoms with E-state index in [1.807, 2.05) is 60.4 Å². The molecule has 1 saturated carbocycles. The molecule has 3 aromatic heterocycles. The summed E-state index contributed by atoms with van der Waals surface area (Å²) in [4.78, 5) is 18.0. The van der Waals surface area contributed by atoms with Crippen LogP contribution in [0.25, 0.3) is 16.7 Å². The van der Waals surface area contributed by atoms with Crippen molar-refractivity contribution in [1.29, 1.82) is 0 Å². The summed E-state index contributed by atoms with van der Waals surface area (Å²) >= 11 is 0. The van der Waals surface area contributed by atoms with Gasteiger partial charge in [0.05, 0.1) is 23.3 Å². The molecule has 7 nitrogen and oxygen atoms in total. The molecular weight excluding hydrogens is 338 g/mol. The summed E-state index contributed by atoms with van der Waals surface area (Å²) in [5.41, 5.74) is 2.72. The maximum absolute atomic E-state index is 4.63. The van der Waals surface area contributed by atoms with Gasteiger partial charge in [-0.1, -0.05) is 18.2 Å². The molecule has 0 spiro atoms. The summed E-state index contributed by atoms with van der Waals surface area (Å²) < 4.78 is 1.83. The number of para-hydroxylation sites is 1. The Kier molecular flexibility index (Phi) is 3.78. The summed E-state index contributed by atoms with van der Waals surface area (Å²) in [6.07, 6.45) is 7.55. The molecular formula is C20H19N7. The van der Waals surface area contributed by atoms with Gasteiger partial charge in [-0.25, -0.2) is 24.6 Å². The maximum Gasteiger partial charge on any atom is 0.168 e. The lowest BCUT2D eigenvalue weighted by molar-refractivity contribution is 0.629. The number of anilines is 1. The zero-order valence-corrected chi connectivity index (χ0v) is 14.9. The zero-order valence-electron chi connectivity index (χ0n) is 14.9. The highest BCUT2D eigenvalue weighted by Gasteiger charge is 2.35. The third-order valence-corrected chi connectivity index (χ3v) is 4.84. The normalized spacial score (nSPS) is 15.0. The molecule has 0 saturated heterocycles. The van der Waals surface area contributed by atoms with Gasteiger partial charge in [0, 0.05) is 11.9 Å². The number of nitrogens with zero attached hydrogens (tertiary/aromatic N) is 6. The molecule has 4 aromatic rings. The van der Waals surface area contributed by atoms with E-state index in [0.717, 1.165) is 34.1 Å². The first-order valence-electron chi connectivity index (χ1n) is 9.10. The number of nitrogens with one attached hydrogen (secondary N) is 1. The number of benzene rings is 1. The molecule has 1 aliphatic carbocycles. The van der Waals surface area contributed by atoms with Gasteiger partial charge in [0.15, 0.2) is 11.5 Å². The van der Waals surface area contributed by atoms with Crippen molar-refractivity contribution in [3.63, 3.8) is 0 Å². The van der Waals surface area contributed by atoms with Crippen molar-refractivity contribution in [1.82, 2.24) is 29.7 Å². The van der Waals surface area contributed by atoms with E-state index < -0.39 is 0 Å². The Hall–Kier alpha value is -3.35. The highest BCUT2D eigenvalue weighted by atomic mass is 15.3. The van der Waals surface area contributed by atoms with E-state index in [4.69, 9.17) is 0 Å². The average molecular weight is 357 g/mol. The van der Waals surface area contributed by atoms with Crippen LogP contribution in [0.3, 0.4) is 0 Å². The molecule has 0 radical (unpaired) electrons. The summed E-state index contributed by atoms with van der Waals surface area (Å²) in [5, 5.41) is 8.98. The van der Waals surface area contributed by atoms with Crippen LogP contribution in [0.4, 0.5) is 5.82 Å². The predicted octanol–water partition coefficient (Wildman–Crippen LogP) is 3.48. The van der Waals surface area contributed by atoms with Crippen LogP contribution in [-0.2, 0) is 0 Å². The highest BCUT2D eigenvalue weighted by molar-refractivity contribution is 5.87. The maximum atomic E-state index is 4.63. The smallest absolute Gasteiger partial charge is 0.168 e. The summed E-state index contributed by atoms with van der Waals surface area (Å²) in [6, 6.07) is 11.9. The van der Waals surface area contributed by atoms with Gasteiger partial charge in [-0.05, 0) is 43.9 Å². The minimum atomic E-state index is 0.0445. The molecule has 0 bridgehead atoms. The van der Waals surface area contributed by atoms with Crippen molar-refractivity contribution < 1.29 is 0 Å². The monoisotopic (exact) mass is 357 g/mol. The second-order valence-electron chi connectivity index (χ2n) is 6.87. The minimum absolute atomic E-state index is 0.0445. The lowest BCUT2D eigenvalue weighted by atomic mass is 10.1. The van der Waals surface area contributed by atoms with Gasteiger partial charge in [0.25, 0.3) is 0 Å². The molecule has 0 unspecified atom stereocenters. The number of hydrogen-bond donors (Lipinski definition) is 1. The van der Waals surface area contributed by atoms with Crippen molar-refractivity contribution in [2.75, 3.05) is 5.32 Å². The molecule has 1 fully saturated rings. The van der Waals surface area contributed by atoms with Crippen LogP contribution in [-0.4, -0.2) is 29.7 Å². The molecule has 7 heteroatoms. The van der Waals surface area contributed by atoms with Crippen LogP contribution in [0.2, 0.25) is 0 Å². The van der Waals surface area contributed by atoms with Crippen molar-refractivity contribution in [3.8, 4) is 5.69 Å². The fourth-order valence-corrected chi connectivity index (χ4v) is 3.31. The standard InChI is InChI=1S/C20H19N7/c1-13-9-10-21-19(25-13)17(14-7-8-14)26-18-16-11-24-27(20(16)23-12-22-18)15-5-3-2-4-6-15/h2-6,9-12,14,17H,7-8H2,1H3,(H,22,23,26)/t17-/m1/s1. The number of fused-ring (bicyclic) bond motifs is 1. The topological polar surface area (TPSA) is 81.4 Å². The van der Waals surface area contributed by atoms with E-state index in [-0.39, 0.29) is 6.04 Å². The second kappa shape index (κ2) is 6.42. The van der Waals surface area contributed by atoms with Crippen LogP contribution >= 0.6 is 0 Å². The first kappa shape index (κ1) is 15.9. The minimum Gasteiger partial charge on any atom is -0.359 e. The second-order valence-corrected chi connectivity index (χ2v) is 6.87. The number of rotatable bonds is 5. The summed E-state index contributed by atoms with van der Waals surface area (Å²) in [5.74, 6) is 2.12. The van der Waals surface area contributed by atoms with Gasteiger partial charge >= 0.3 is 0 Å². The molecule has 27 heavy (non-hydrogen) atoms. The summed E-state index contributed by atoms with van der Waals surface area (Å²) in [7, 11) is 0. The average Bonchev–Trinajstić information content (AvgIpc) is 3.44. The van der Waals surface area contributed by atoms with Gasteiger partial charge in [0.2, 0.25) is 0 Å². The Morgan fingerprint density at radius 1 is 1.07 bits per heavy atom. The van der Waals surface area contributed by atoms with Crippen LogP contribution in [0, 0.1) is 12.8 Å². The Morgan fingerprint density at radius 2 is 1.93 bits per heavy atom. The molecule has 1 atom stereocenters. The molecule has 0 aliphatic heterocycles. The SMILES string of the molecule is Cc1ccnc([C@H](Nc2ncnc3c2cnn3-c2ccccc2)C2CC2)n1. The first-order chi connectivity index (χ1) is 13.3. The third-order valence-electron chi connectivity index (χ3n) is 4.84. The van der Waals surface area contributed by atoms with Crippen LogP contribution in [0.15, 0.2) is 55.1 Å². The van der Waals surface area contributed by atoms with Crippen molar-refractivity contribution >= 4 is 16.9 Å². The van der Waals surface area contributed by atoms with Gasteiger partial charge in [-0.15, -0.1) is 0 Å². The van der Waals surface area contributed by atoms with E-state index in [2.05, 4.69) is 30.4 Å². The lowest BCUT2D eigenvalue weighted by Gasteiger charge is -2.18. The van der Waals surface area contributed by atoms with Gasteiger partial charge in [0.1, 0.15) is 12.1 Å². The van der Waals surface area contributed by atoms with E-state index in [1.54, 1.807) is 6.33 Å². The zero-order chi connectivity index (χ0) is 18.2. The first-order valence-corrected chi connectivity index (χ1v) is 9.10. The van der Waals surface area contributed by atoms with Crippen LogP contribution < -0.4 is 5.32 Å². The van der Waals surface area contributed by atoms with Gasteiger partial charge in [-0.3, -0.25) is 0 Å². The van der Waals surface area contributed by atoms with Crippen molar-refractivity contribution in [2.45, 2.75) is 25.8 Å². The molecule has 1 N–H and O–H groups in total. The van der Waals surface area contributed by atoms with E-state index in [1.165, 1.54) is 12.8 Å². The van der Waals surface area contributed by atoms with Crippen molar-refractivity contribution in [2.24, 2.45) is 5.92 Å². The molecule has 0 amide bonds. The number of aromatic nitrogens is 6. The fourth-order valence-electron chi connectivity index (χ4n) is 3.31. The van der Waals surface area contributed by atoms with E-state index in [9.17, 15) is 0 Å².